The van der Waals surface area contributed by atoms with Crippen molar-refractivity contribution in [3.8, 4) is 0 Å². The fraction of sp³-hybridized carbons (Fsp3) is 0.350. The topological polar surface area (TPSA) is 27.6 Å². The van der Waals surface area contributed by atoms with Gasteiger partial charge in [-0.25, -0.2) is 0 Å². The molecule has 1 heterocycles. The predicted molar refractivity (Wildman–Crippen MR) is 99.4 cm³/mol. The van der Waals surface area contributed by atoms with E-state index in [0.29, 0.717) is 0 Å². The fourth-order valence-corrected chi connectivity index (χ4v) is 2.85. The smallest absolute Gasteiger partial charge is 0.0561 e. The normalized spacial score (nSPS) is 16.0. The maximum Gasteiger partial charge on any atom is 0.0561 e. The Morgan fingerprint density at radius 3 is 2.30 bits per heavy atom. The van der Waals surface area contributed by atoms with E-state index >= 15 is 0 Å². The Kier molecular flexibility index (Phi) is 4.96. The minimum atomic E-state index is 0.866. The summed E-state index contributed by atoms with van der Waals surface area (Å²) in [7, 11) is 0. The number of rotatable bonds is 4. The van der Waals surface area contributed by atoms with Crippen LogP contribution in [0.3, 0.4) is 0 Å². The summed E-state index contributed by atoms with van der Waals surface area (Å²) in [6.45, 7) is 6.77. The standard InChI is InChI=1S/C20H25N3/c1-16-3-7-19(8-4-16)22-21-15-18-5-9-20(10-6-18)23-13-11-17(2)12-14-23/h3-10,15,17,22H,11-14H2,1-2H3. The molecule has 2 aromatic carbocycles. The summed E-state index contributed by atoms with van der Waals surface area (Å²) in [5.41, 5.74) is 7.75. The lowest BCUT2D eigenvalue weighted by Gasteiger charge is -2.32. The molecule has 1 N–H and O–H groups in total. The van der Waals surface area contributed by atoms with E-state index in [0.717, 1.165) is 17.2 Å². The van der Waals surface area contributed by atoms with Crippen LogP contribution in [0.4, 0.5) is 11.4 Å². The molecule has 3 rings (SSSR count). The molecular formula is C20H25N3. The van der Waals surface area contributed by atoms with E-state index in [2.05, 4.69) is 65.7 Å². The van der Waals surface area contributed by atoms with E-state index in [4.69, 9.17) is 0 Å². The summed E-state index contributed by atoms with van der Waals surface area (Å²) >= 11 is 0. The molecule has 0 radical (unpaired) electrons. The van der Waals surface area contributed by atoms with Crippen molar-refractivity contribution in [2.45, 2.75) is 26.7 Å². The average molecular weight is 307 g/mol. The molecule has 1 fully saturated rings. The zero-order valence-electron chi connectivity index (χ0n) is 14.0. The molecule has 0 atom stereocenters. The first kappa shape index (κ1) is 15.6. The van der Waals surface area contributed by atoms with Crippen molar-refractivity contribution < 1.29 is 0 Å². The maximum absolute atomic E-state index is 4.31. The molecule has 0 spiro atoms. The van der Waals surface area contributed by atoms with Crippen LogP contribution in [0.15, 0.2) is 53.6 Å². The lowest BCUT2D eigenvalue weighted by molar-refractivity contribution is 0.438. The predicted octanol–water partition coefficient (Wildman–Crippen LogP) is 4.68. The van der Waals surface area contributed by atoms with Gasteiger partial charge in [0.05, 0.1) is 11.9 Å². The molecule has 3 nitrogen and oxygen atoms in total. The van der Waals surface area contributed by atoms with E-state index in [1.165, 1.54) is 37.2 Å². The number of hydrazone groups is 1. The van der Waals surface area contributed by atoms with E-state index in [9.17, 15) is 0 Å². The van der Waals surface area contributed by atoms with E-state index in [-0.39, 0.29) is 0 Å². The lowest BCUT2D eigenvalue weighted by Crippen LogP contribution is -2.32. The van der Waals surface area contributed by atoms with E-state index in [1.54, 1.807) is 0 Å². The van der Waals surface area contributed by atoms with Gasteiger partial charge in [-0.05, 0) is 55.5 Å². The van der Waals surface area contributed by atoms with Gasteiger partial charge < -0.3 is 4.90 Å². The third-order valence-corrected chi connectivity index (χ3v) is 4.50. The Morgan fingerprint density at radius 2 is 1.65 bits per heavy atom. The van der Waals surface area contributed by atoms with E-state index < -0.39 is 0 Å². The lowest BCUT2D eigenvalue weighted by atomic mass is 9.99. The van der Waals surface area contributed by atoms with Crippen LogP contribution in [-0.4, -0.2) is 19.3 Å². The summed E-state index contributed by atoms with van der Waals surface area (Å²) in [5.74, 6) is 0.866. The molecule has 0 amide bonds. The number of anilines is 2. The van der Waals surface area contributed by atoms with Gasteiger partial charge in [-0.3, -0.25) is 5.43 Å². The van der Waals surface area contributed by atoms with Crippen molar-refractivity contribution in [1.29, 1.82) is 0 Å². The number of aryl methyl sites for hydroxylation is 1. The maximum atomic E-state index is 4.31. The van der Waals surface area contributed by atoms with Crippen LogP contribution in [0.2, 0.25) is 0 Å². The molecule has 23 heavy (non-hydrogen) atoms. The number of nitrogens with zero attached hydrogens (tertiary/aromatic N) is 2. The van der Waals surface area contributed by atoms with Gasteiger partial charge >= 0.3 is 0 Å². The molecule has 1 aliphatic heterocycles. The summed E-state index contributed by atoms with van der Waals surface area (Å²) in [5, 5.41) is 4.31. The second-order valence-corrected chi connectivity index (χ2v) is 6.50. The Bertz CT molecular complexity index is 636. The molecular weight excluding hydrogens is 282 g/mol. The Hall–Kier alpha value is -2.29. The molecule has 3 heteroatoms. The Labute approximate surface area is 139 Å². The highest BCUT2D eigenvalue weighted by molar-refractivity contribution is 5.81. The van der Waals surface area contributed by atoms with Crippen molar-refractivity contribution in [2.24, 2.45) is 11.0 Å². The molecule has 2 aromatic rings. The Morgan fingerprint density at radius 1 is 1.00 bits per heavy atom. The van der Waals surface area contributed by atoms with Crippen molar-refractivity contribution in [1.82, 2.24) is 0 Å². The zero-order valence-corrected chi connectivity index (χ0v) is 14.0. The van der Waals surface area contributed by atoms with Crippen molar-refractivity contribution in [3.63, 3.8) is 0 Å². The van der Waals surface area contributed by atoms with Gasteiger partial charge in [0.15, 0.2) is 0 Å². The molecule has 0 bridgehead atoms. The summed E-state index contributed by atoms with van der Waals surface area (Å²) in [6, 6.07) is 16.9. The quantitative estimate of drug-likeness (QED) is 0.656. The van der Waals surface area contributed by atoms with Crippen molar-refractivity contribution in [3.05, 3.63) is 59.7 Å². The summed E-state index contributed by atoms with van der Waals surface area (Å²) in [6.07, 6.45) is 4.45. The first-order valence-electron chi connectivity index (χ1n) is 8.41. The fourth-order valence-electron chi connectivity index (χ4n) is 2.85. The second-order valence-electron chi connectivity index (χ2n) is 6.50. The monoisotopic (exact) mass is 307 g/mol. The molecule has 1 saturated heterocycles. The van der Waals surface area contributed by atoms with Crippen LogP contribution in [0.1, 0.15) is 30.9 Å². The molecule has 0 aromatic heterocycles. The van der Waals surface area contributed by atoms with Gasteiger partial charge in [-0.2, -0.15) is 5.10 Å². The number of hydrogen-bond acceptors (Lipinski definition) is 3. The number of hydrogen-bond donors (Lipinski definition) is 1. The number of piperidine rings is 1. The third-order valence-electron chi connectivity index (χ3n) is 4.50. The Balaban J connectivity index is 1.56. The SMILES string of the molecule is Cc1ccc(NN=Cc2ccc(N3CCC(C)CC3)cc2)cc1. The highest BCUT2D eigenvalue weighted by Crippen LogP contribution is 2.22. The van der Waals surface area contributed by atoms with Gasteiger partial charge in [-0.15, -0.1) is 0 Å². The summed E-state index contributed by atoms with van der Waals surface area (Å²) < 4.78 is 0. The van der Waals surface area contributed by atoms with Gasteiger partial charge in [0, 0.05) is 18.8 Å². The molecule has 0 aliphatic carbocycles. The van der Waals surface area contributed by atoms with Crippen molar-refractivity contribution >= 4 is 17.6 Å². The molecule has 0 saturated carbocycles. The highest BCUT2D eigenvalue weighted by atomic mass is 15.3. The molecule has 0 unspecified atom stereocenters. The van der Waals surface area contributed by atoms with Crippen LogP contribution in [0, 0.1) is 12.8 Å². The first-order valence-corrected chi connectivity index (χ1v) is 8.41. The second kappa shape index (κ2) is 7.32. The number of benzene rings is 2. The van der Waals surface area contributed by atoms with Crippen LogP contribution in [0.25, 0.3) is 0 Å². The molecule has 120 valence electrons. The van der Waals surface area contributed by atoms with Crippen LogP contribution >= 0.6 is 0 Å². The van der Waals surface area contributed by atoms with Gasteiger partial charge in [0.25, 0.3) is 0 Å². The van der Waals surface area contributed by atoms with Crippen LogP contribution < -0.4 is 10.3 Å². The minimum absolute atomic E-state index is 0.866. The van der Waals surface area contributed by atoms with Gasteiger partial charge in [-0.1, -0.05) is 36.8 Å². The minimum Gasteiger partial charge on any atom is -0.372 e. The average Bonchev–Trinajstić information content (AvgIpc) is 2.58. The highest BCUT2D eigenvalue weighted by Gasteiger charge is 2.15. The van der Waals surface area contributed by atoms with Crippen LogP contribution in [0.5, 0.6) is 0 Å². The molecule has 1 aliphatic rings. The summed E-state index contributed by atoms with van der Waals surface area (Å²) in [4.78, 5) is 2.48. The number of nitrogens with one attached hydrogen (secondary N) is 1. The van der Waals surface area contributed by atoms with Crippen molar-refractivity contribution in [2.75, 3.05) is 23.4 Å². The van der Waals surface area contributed by atoms with Gasteiger partial charge in [0.2, 0.25) is 0 Å². The largest absolute Gasteiger partial charge is 0.372 e. The van der Waals surface area contributed by atoms with E-state index in [1.807, 2.05) is 18.3 Å². The third kappa shape index (κ3) is 4.35. The zero-order chi connectivity index (χ0) is 16.1. The van der Waals surface area contributed by atoms with Gasteiger partial charge in [0.1, 0.15) is 0 Å². The first-order chi connectivity index (χ1) is 11.2. The van der Waals surface area contributed by atoms with Crippen LogP contribution in [-0.2, 0) is 0 Å².